The third kappa shape index (κ3) is 3.62. The highest BCUT2D eigenvalue weighted by Gasteiger charge is 2.17. The Morgan fingerprint density at radius 2 is 2.43 bits per heavy atom. The number of hydrogen-bond donors (Lipinski definition) is 2. The maximum atomic E-state index is 12.2. The van der Waals surface area contributed by atoms with Gasteiger partial charge in [0.15, 0.2) is 5.82 Å². The Morgan fingerprint density at radius 3 is 3.19 bits per heavy atom. The summed E-state index contributed by atoms with van der Waals surface area (Å²) >= 11 is 1.88. The van der Waals surface area contributed by atoms with Crippen molar-refractivity contribution in [1.82, 2.24) is 20.1 Å². The van der Waals surface area contributed by atoms with Crippen molar-refractivity contribution in [3.63, 3.8) is 0 Å². The van der Waals surface area contributed by atoms with Crippen molar-refractivity contribution in [2.24, 2.45) is 0 Å². The molecule has 0 spiro atoms. The number of thioether (sulfide) groups is 1. The van der Waals surface area contributed by atoms with Crippen LogP contribution in [0.25, 0.3) is 5.82 Å². The smallest absolute Gasteiger partial charge is 0.226 e. The van der Waals surface area contributed by atoms with Crippen LogP contribution in [-0.4, -0.2) is 44.8 Å². The Bertz CT molecular complexity index is 595. The molecular formula is C14H17N5OS. The molecule has 0 saturated carbocycles. The summed E-state index contributed by atoms with van der Waals surface area (Å²) in [6.07, 6.45) is 5.65. The third-order valence-electron chi connectivity index (χ3n) is 3.21. The first-order valence-corrected chi connectivity index (χ1v) is 8.04. The van der Waals surface area contributed by atoms with E-state index in [1.807, 2.05) is 23.9 Å². The Morgan fingerprint density at radius 1 is 1.48 bits per heavy atom. The van der Waals surface area contributed by atoms with Gasteiger partial charge >= 0.3 is 0 Å². The number of carbonyl (C=O) groups is 1. The molecule has 0 aliphatic carbocycles. The van der Waals surface area contributed by atoms with Crippen LogP contribution >= 0.6 is 11.8 Å². The molecular weight excluding hydrogens is 286 g/mol. The number of nitrogens with one attached hydrogen (secondary N) is 2. The summed E-state index contributed by atoms with van der Waals surface area (Å²) in [4.78, 5) is 16.5. The Labute approximate surface area is 127 Å². The zero-order valence-corrected chi connectivity index (χ0v) is 12.3. The molecule has 0 radical (unpaired) electrons. The molecule has 0 aromatic carbocycles. The van der Waals surface area contributed by atoms with Gasteiger partial charge in [-0.25, -0.2) is 9.67 Å². The number of rotatable bonds is 4. The predicted octanol–water partition coefficient (Wildman–Crippen LogP) is 1.30. The lowest BCUT2D eigenvalue weighted by Gasteiger charge is -2.22. The van der Waals surface area contributed by atoms with Crippen molar-refractivity contribution >= 4 is 23.4 Å². The lowest BCUT2D eigenvalue weighted by Crippen LogP contribution is -2.40. The minimum absolute atomic E-state index is 0.00333. The second-order valence-electron chi connectivity index (χ2n) is 4.80. The van der Waals surface area contributed by atoms with E-state index < -0.39 is 0 Å². The zero-order chi connectivity index (χ0) is 14.5. The number of amides is 1. The zero-order valence-electron chi connectivity index (χ0n) is 11.5. The van der Waals surface area contributed by atoms with Crippen molar-refractivity contribution in [1.29, 1.82) is 0 Å². The molecule has 0 bridgehead atoms. The van der Waals surface area contributed by atoms with Crippen LogP contribution < -0.4 is 10.6 Å². The topological polar surface area (TPSA) is 71.8 Å². The number of aromatic nitrogens is 3. The summed E-state index contributed by atoms with van der Waals surface area (Å²) in [5, 5.41) is 10.5. The molecule has 110 valence electrons. The second-order valence-corrected chi connectivity index (χ2v) is 5.95. The fourth-order valence-electron chi connectivity index (χ4n) is 2.25. The third-order valence-corrected chi connectivity index (χ3v) is 4.34. The van der Waals surface area contributed by atoms with Gasteiger partial charge in [0.25, 0.3) is 0 Å². The first-order chi connectivity index (χ1) is 10.3. The van der Waals surface area contributed by atoms with Gasteiger partial charge in [-0.1, -0.05) is 0 Å². The molecule has 1 atom stereocenters. The predicted molar refractivity (Wildman–Crippen MR) is 83.7 cm³/mol. The van der Waals surface area contributed by atoms with Crippen molar-refractivity contribution in [2.45, 2.75) is 12.5 Å². The van der Waals surface area contributed by atoms with Gasteiger partial charge in [0.2, 0.25) is 5.91 Å². The molecule has 1 amide bonds. The van der Waals surface area contributed by atoms with Crippen LogP contribution in [-0.2, 0) is 4.79 Å². The summed E-state index contributed by atoms with van der Waals surface area (Å²) in [6, 6.07) is 5.71. The highest BCUT2D eigenvalue weighted by Crippen LogP contribution is 2.17. The lowest BCUT2D eigenvalue weighted by molar-refractivity contribution is -0.116. The lowest BCUT2D eigenvalue weighted by atomic mass is 10.2. The van der Waals surface area contributed by atoms with E-state index in [1.54, 1.807) is 29.3 Å². The number of nitrogens with zero attached hydrogens (tertiary/aromatic N) is 3. The van der Waals surface area contributed by atoms with E-state index in [1.165, 1.54) is 0 Å². The fraction of sp³-hybridized carbons (Fsp3) is 0.357. The molecule has 21 heavy (non-hydrogen) atoms. The van der Waals surface area contributed by atoms with Gasteiger partial charge in [-0.2, -0.15) is 16.9 Å². The fourth-order valence-corrected chi connectivity index (χ4v) is 3.20. The maximum absolute atomic E-state index is 12.2. The van der Waals surface area contributed by atoms with Crippen LogP contribution in [0.15, 0.2) is 36.8 Å². The average molecular weight is 303 g/mol. The SMILES string of the molecule is O=C(CC1CSCCN1)Nc1cccnc1-n1cccn1. The van der Waals surface area contributed by atoms with Crippen molar-refractivity contribution < 1.29 is 4.79 Å². The van der Waals surface area contributed by atoms with Gasteiger partial charge in [0.05, 0.1) is 5.69 Å². The van der Waals surface area contributed by atoms with E-state index in [-0.39, 0.29) is 11.9 Å². The molecule has 1 aliphatic heterocycles. The largest absolute Gasteiger partial charge is 0.323 e. The summed E-state index contributed by atoms with van der Waals surface area (Å²) in [5.74, 6) is 2.72. The number of pyridine rings is 1. The Balaban J connectivity index is 1.68. The van der Waals surface area contributed by atoms with Crippen LogP contribution in [0, 0.1) is 0 Å². The monoisotopic (exact) mass is 303 g/mol. The second kappa shape index (κ2) is 6.73. The maximum Gasteiger partial charge on any atom is 0.226 e. The van der Waals surface area contributed by atoms with Gasteiger partial charge < -0.3 is 10.6 Å². The van der Waals surface area contributed by atoms with Crippen molar-refractivity contribution in [3.8, 4) is 5.82 Å². The van der Waals surface area contributed by atoms with E-state index in [0.29, 0.717) is 17.9 Å². The van der Waals surface area contributed by atoms with Crippen molar-refractivity contribution in [2.75, 3.05) is 23.4 Å². The van der Waals surface area contributed by atoms with Gasteiger partial charge in [-0.15, -0.1) is 0 Å². The van der Waals surface area contributed by atoms with Gasteiger partial charge in [0.1, 0.15) is 0 Å². The standard InChI is InChI=1S/C14H17N5OS/c20-13(9-11-10-21-8-6-15-11)18-12-3-1-4-16-14(12)19-7-2-5-17-19/h1-5,7,11,15H,6,8-10H2,(H,18,20). The quantitative estimate of drug-likeness (QED) is 0.891. The minimum Gasteiger partial charge on any atom is -0.323 e. The van der Waals surface area contributed by atoms with E-state index in [2.05, 4.69) is 20.7 Å². The molecule has 2 aromatic rings. The summed E-state index contributed by atoms with van der Waals surface area (Å²) in [6.45, 7) is 0.966. The molecule has 1 aliphatic rings. The van der Waals surface area contributed by atoms with E-state index >= 15 is 0 Å². The molecule has 7 heteroatoms. The summed E-state index contributed by atoms with van der Waals surface area (Å²) in [5.41, 5.74) is 0.676. The van der Waals surface area contributed by atoms with Gasteiger partial charge in [-0.3, -0.25) is 4.79 Å². The summed E-state index contributed by atoms with van der Waals surface area (Å²) < 4.78 is 1.64. The van der Waals surface area contributed by atoms with Crippen LogP contribution in [0.5, 0.6) is 0 Å². The molecule has 1 unspecified atom stereocenters. The number of carbonyl (C=O) groups excluding carboxylic acids is 1. The van der Waals surface area contributed by atoms with Gasteiger partial charge in [0, 0.05) is 49.1 Å². The number of anilines is 1. The normalized spacial score (nSPS) is 18.4. The number of hydrogen-bond acceptors (Lipinski definition) is 5. The van der Waals surface area contributed by atoms with Crippen LogP contribution in [0.1, 0.15) is 6.42 Å². The van der Waals surface area contributed by atoms with Crippen LogP contribution in [0.2, 0.25) is 0 Å². The van der Waals surface area contributed by atoms with E-state index in [0.717, 1.165) is 18.1 Å². The molecule has 3 heterocycles. The van der Waals surface area contributed by atoms with Crippen molar-refractivity contribution in [3.05, 3.63) is 36.8 Å². The first-order valence-electron chi connectivity index (χ1n) is 6.89. The average Bonchev–Trinajstić information content (AvgIpc) is 3.03. The highest BCUT2D eigenvalue weighted by molar-refractivity contribution is 7.99. The molecule has 2 N–H and O–H groups in total. The van der Waals surface area contributed by atoms with E-state index in [9.17, 15) is 4.79 Å². The molecule has 1 fully saturated rings. The highest BCUT2D eigenvalue weighted by atomic mass is 32.2. The van der Waals surface area contributed by atoms with Crippen LogP contribution in [0.4, 0.5) is 5.69 Å². The van der Waals surface area contributed by atoms with Gasteiger partial charge in [-0.05, 0) is 18.2 Å². The minimum atomic E-state index is -0.00333. The molecule has 3 rings (SSSR count). The first kappa shape index (κ1) is 14.1. The van der Waals surface area contributed by atoms with Crippen LogP contribution in [0.3, 0.4) is 0 Å². The Kier molecular flexibility index (Phi) is 4.52. The van der Waals surface area contributed by atoms with E-state index in [4.69, 9.17) is 0 Å². The molecule has 6 nitrogen and oxygen atoms in total. The molecule has 1 saturated heterocycles. The molecule has 2 aromatic heterocycles. The Hall–Kier alpha value is -1.86. The summed E-state index contributed by atoms with van der Waals surface area (Å²) in [7, 11) is 0.